The Balaban J connectivity index is 1.81. The molecule has 0 amide bonds. The Morgan fingerprint density at radius 2 is 1.75 bits per heavy atom. The Kier molecular flexibility index (Phi) is 7.09. The molecule has 0 bridgehead atoms. The number of Topliss-reactive ketones (excluding diaryl/α,β-unsaturated/α-hetero) is 1. The van der Waals surface area contributed by atoms with Crippen LogP contribution in [0, 0.1) is 31.4 Å². The summed E-state index contributed by atoms with van der Waals surface area (Å²) in [5, 5.41) is 0. The fourth-order valence-electron chi connectivity index (χ4n) is 3.58. The van der Waals surface area contributed by atoms with Crippen LogP contribution in [0.4, 0.5) is 8.78 Å². The summed E-state index contributed by atoms with van der Waals surface area (Å²) in [4.78, 5) is 24.7. The number of hydrogen-bond donors (Lipinski definition) is 0. The maximum Gasteiger partial charge on any atom is 0.338 e. The van der Waals surface area contributed by atoms with Gasteiger partial charge in [0, 0.05) is 13.1 Å². The van der Waals surface area contributed by atoms with Crippen LogP contribution >= 0.6 is 0 Å². The smallest absolute Gasteiger partial charge is 0.338 e. The van der Waals surface area contributed by atoms with Crippen molar-refractivity contribution in [2.75, 3.05) is 19.7 Å². The number of ketones is 1. The van der Waals surface area contributed by atoms with Crippen LogP contribution in [0.3, 0.4) is 0 Å². The lowest BCUT2D eigenvalue weighted by molar-refractivity contribution is 0.0473. The summed E-state index contributed by atoms with van der Waals surface area (Å²) in [6, 6.07) is 5.13. The zero-order valence-electron chi connectivity index (χ0n) is 18.2. The number of sulfonamides is 1. The first-order chi connectivity index (χ1) is 15.0. The van der Waals surface area contributed by atoms with Crippen molar-refractivity contribution in [2.45, 2.75) is 38.5 Å². The summed E-state index contributed by atoms with van der Waals surface area (Å²) in [6.07, 6.45) is 1.52. The van der Waals surface area contributed by atoms with Gasteiger partial charge in [-0.15, -0.1) is 0 Å². The van der Waals surface area contributed by atoms with Crippen LogP contribution in [0.25, 0.3) is 0 Å². The maximum absolute atomic E-state index is 13.8. The minimum atomic E-state index is -3.81. The molecule has 3 rings (SSSR count). The molecule has 0 unspecified atom stereocenters. The van der Waals surface area contributed by atoms with Crippen LogP contribution in [-0.4, -0.2) is 44.2 Å². The number of rotatable bonds is 6. The molecule has 0 radical (unpaired) electrons. The summed E-state index contributed by atoms with van der Waals surface area (Å²) >= 11 is 0. The van der Waals surface area contributed by atoms with Crippen LogP contribution in [0.2, 0.25) is 0 Å². The second-order valence-electron chi connectivity index (χ2n) is 8.13. The molecule has 6 nitrogen and oxygen atoms in total. The largest absolute Gasteiger partial charge is 0.454 e. The topological polar surface area (TPSA) is 80.8 Å². The van der Waals surface area contributed by atoms with Crippen molar-refractivity contribution in [3.63, 3.8) is 0 Å². The number of benzene rings is 2. The standard InChI is InChI=1S/C23H25F2NO5S/c1-14-6-8-26(9-7-14)32(29,30)22-11-17(10-15(2)16(22)3)23(28)31-13-21(27)19-12-18(24)4-5-20(19)25/h4-5,10-12,14H,6-9,13H2,1-3H3. The van der Waals surface area contributed by atoms with Gasteiger partial charge in [-0.05, 0) is 74.1 Å². The molecule has 1 aliphatic rings. The molecule has 1 heterocycles. The Hall–Kier alpha value is -2.65. The third kappa shape index (κ3) is 5.05. The summed E-state index contributed by atoms with van der Waals surface area (Å²) in [5.41, 5.74) is 0.536. The van der Waals surface area contributed by atoms with Crippen molar-refractivity contribution in [3.05, 3.63) is 64.2 Å². The van der Waals surface area contributed by atoms with E-state index in [0.29, 0.717) is 30.1 Å². The predicted molar refractivity (Wildman–Crippen MR) is 114 cm³/mol. The number of hydrogen-bond acceptors (Lipinski definition) is 5. The minimum absolute atomic E-state index is 0.0153. The molecular formula is C23H25F2NO5S. The molecule has 172 valence electrons. The SMILES string of the molecule is Cc1cc(C(=O)OCC(=O)c2cc(F)ccc2F)cc(S(=O)(=O)N2CCC(C)CC2)c1C. The van der Waals surface area contributed by atoms with Crippen molar-refractivity contribution in [1.82, 2.24) is 4.31 Å². The first-order valence-corrected chi connectivity index (χ1v) is 11.7. The third-order valence-electron chi connectivity index (χ3n) is 5.78. The third-order valence-corrected chi connectivity index (χ3v) is 7.80. The summed E-state index contributed by atoms with van der Waals surface area (Å²) < 4.78 is 59.8. The minimum Gasteiger partial charge on any atom is -0.454 e. The van der Waals surface area contributed by atoms with Crippen molar-refractivity contribution < 1.29 is 31.5 Å². The Bertz CT molecular complexity index is 1160. The second-order valence-corrected chi connectivity index (χ2v) is 10.0. The van der Waals surface area contributed by atoms with E-state index < -0.39 is 45.6 Å². The van der Waals surface area contributed by atoms with Crippen LogP contribution in [0.5, 0.6) is 0 Å². The molecule has 1 aliphatic heterocycles. The predicted octanol–water partition coefficient (Wildman–Crippen LogP) is 4.04. The summed E-state index contributed by atoms with van der Waals surface area (Å²) in [6.45, 7) is 5.43. The van der Waals surface area contributed by atoms with E-state index in [1.54, 1.807) is 13.8 Å². The highest BCUT2D eigenvalue weighted by Crippen LogP contribution is 2.28. The van der Waals surface area contributed by atoms with Gasteiger partial charge in [-0.1, -0.05) is 6.92 Å². The highest BCUT2D eigenvalue weighted by molar-refractivity contribution is 7.89. The zero-order valence-corrected chi connectivity index (χ0v) is 19.0. The molecule has 2 aromatic carbocycles. The fraction of sp³-hybridized carbons (Fsp3) is 0.391. The van der Waals surface area contributed by atoms with Crippen LogP contribution in [0.15, 0.2) is 35.2 Å². The van der Waals surface area contributed by atoms with Crippen LogP contribution in [-0.2, 0) is 14.8 Å². The van der Waals surface area contributed by atoms with Gasteiger partial charge in [0.25, 0.3) is 0 Å². The van der Waals surface area contributed by atoms with E-state index in [0.717, 1.165) is 31.0 Å². The molecule has 0 aliphatic carbocycles. The zero-order chi connectivity index (χ0) is 23.6. The number of carbonyl (C=O) groups is 2. The van der Waals surface area contributed by atoms with E-state index in [-0.39, 0.29) is 10.5 Å². The van der Waals surface area contributed by atoms with Crippen molar-refractivity contribution in [3.8, 4) is 0 Å². The quantitative estimate of drug-likeness (QED) is 0.475. The average Bonchev–Trinajstić information content (AvgIpc) is 2.75. The molecule has 2 aromatic rings. The van der Waals surface area contributed by atoms with Crippen molar-refractivity contribution in [1.29, 1.82) is 0 Å². The highest BCUT2D eigenvalue weighted by Gasteiger charge is 2.30. The molecule has 32 heavy (non-hydrogen) atoms. The molecule has 0 atom stereocenters. The van der Waals surface area contributed by atoms with Crippen molar-refractivity contribution >= 4 is 21.8 Å². The Morgan fingerprint density at radius 1 is 1.09 bits per heavy atom. The molecule has 0 saturated carbocycles. The van der Waals surface area contributed by atoms with E-state index in [9.17, 15) is 26.8 Å². The fourth-order valence-corrected chi connectivity index (χ4v) is 5.37. The molecule has 1 fully saturated rings. The van der Waals surface area contributed by atoms with Gasteiger partial charge >= 0.3 is 5.97 Å². The number of esters is 1. The maximum atomic E-state index is 13.8. The van der Waals surface area contributed by atoms with Gasteiger partial charge in [0.2, 0.25) is 15.8 Å². The first kappa shape index (κ1) is 24.0. The Morgan fingerprint density at radius 3 is 2.41 bits per heavy atom. The number of carbonyl (C=O) groups excluding carboxylic acids is 2. The normalized spacial score (nSPS) is 15.5. The lowest BCUT2D eigenvalue weighted by Gasteiger charge is -2.30. The lowest BCUT2D eigenvalue weighted by Crippen LogP contribution is -2.38. The number of ether oxygens (including phenoxy) is 1. The van der Waals surface area contributed by atoms with Gasteiger partial charge in [-0.25, -0.2) is 22.0 Å². The van der Waals surface area contributed by atoms with E-state index in [1.165, 1.54) is 16.4 Å². The average molecular weight is 466 g/mol. The molecule has 1 saturated heterocycles. The molecule has 0 aromatic heterocycles. The van der Waals surface area contributed by atoms with Crippen LogP contribution < -0.4 is 0 Å². The van der Waals surface area contributed by atoms with Gasteiger partial charge in [0.15, 0.2) is 6.61 Å². The van der Waals surface area contributed by atoms with E-state index in [1.807, 2.05) is 0 Å². The molecule has 9 heteroatoms. The van der Waals surface area contributed by atoms with E-state index >= 15 is 0 Å². The first-order valence-electron chi connectivity index (χ1n) is 10.3. The number of halogens is 2. The lowest BCUT2D eigenvalue weighted by atomic mass is 10.0. The summed E-state index contributed by atoms with van der Waals surface area (Å²) in [7, 11) is -3.81. The van der Waals surface area contributed by atoms with Crippen LogP contribution in [0.1, 0.15) is 51.6 Å². The second kappa shape index (κ2) is 9.46. The highest BCUT2D eigenvalue weighted by atomic mass is 32.2. The monoisotopic (exact) mass is 465 g/mol. The molecule has 0 spiro atoms. The molecular weight excluding hydrogens is 440 g/mol. The van der Waals surface area contributed by atoms with Gasteiger partial charge < -0.3 is 4.74 Å². The van der Waals surface area contributed by atoms with E-state index in [4.69, 9.17) is 4.74 Å². The Labute approximate surface area is 186 Å². The number of nitrogens with zero attached hydrogens (tertiary/aromatic N) is 1. The number of piperidine rings is 1. The van der Waals surface area contributed by atoms with E-state index in [2.05, 4.69) is 6.92 Å². The molecule has 0 N–H and O–H groups in total. The van der Waals surface area contributed by atoms with Gasteiger partial charge in [0.1, 0.15) is 11.6 Å². The van der Waals surface area contributed by atoms with Gasteiger partial charge in [-0.2, -0.15) is 4.31 Å². The summed E-state index contributed by atoms with van der Waals surface area (Å²) in [5.74, 6) is -3.11. The number of aryl methyl sites for hydroxylation is 1. The van der Waals surface area contributed by atoms with Gasteiger partial charge in [0.05, 0.1) is 16.0 Å². The van der Waals surface area contributed by atoms with Gasteiger partial charge in [-0.3, -0.25) is 4.79 Å². The van der Waals surface area contributed by atoms with Crippen molar-refractivity contribution in [2.24, 2.45) is 5.92 Å².